The maximum Gasteiger partial charge on any atom is 0.243 e. The fraction of sp³-hybridized carbons (Fsp3) is 0.381. The van der Waals surface area contributed by atoms with Crippen LogP contribution in [0.15, 0.2) is 53.4 Å². The van der Waals surface area contributed by atoms with Crippen LogP contribution in [-0.2, 0) is 21.4 Å². The average molecular weight is 387 g/mol. The average Bonchev–Trinajstić information content (AvgIpc) is 3.12. The normalized spacial score (nSPS) is 17.8. The second-order valence-electron chi connectivity index (χ2n) is 7.25. The number of sulfonamides is 1. The van der Waals surface area contributed by atoms with E-state index in [0.717, 1.165) is 16.7 Å². The van der Waals surface area contributed by atoms with Crippen LogP contribution in [-0.4, -0.2) is 31.7 Å². The summed E-state index contributed by atoms with van der Waals surface area (Å²) in [5.41, 5.74) is 2.73. The first-order valence-electron chi connectivity index (χ1n) is 9.24. The molecule has 1 N–H and O–H groups in total. The zero-order valence-corrected chi connectivity index (χ0v) is 16.6. The number of hydrogen-bond acceptors (Lipinski definition) is 3. The number of nitrogens with one attached hydrogen (secondary N) is 1. The minimum Gasteiger partial charge on any atom is -0.352 e. The van der Waals surface area contributed by atoms with Crippen LogP contribution < -0.4 is 5.32 Å². The Kier molecular flexibility index (Phi) is 5.97. The van der Waals surface area contributed by atoms with E-state index in [2.05, 4.69) is 5.32 Å². The van der Waals surface area contributed by atoms with Gasteiger partial charge in [0.25, 0.3) is 0 Å². The molecule has 1 heterocycles. The number of amides is 1. The number of carbonyl (C=O) groups is 1. The minimum atomic E-state index is -3.51. The molecule has 0 spiro atoms. The second kappa shape index (κ2) is 8.23. The molecule has 1 aliphatic rings. The molecule has 0 bridgehead atoms. The summed E-state index contributed by atoms with van der Waals surface area (Å²) in [5.74, 6) is 0.0236. The Balaban J connectivity index is 1.58. The van der Waals surface area contributed by atoms with Gasteiger partial charge in [-0.15, -0.1) is 0 Å². The molecule has 1 aliphatic heterocycles. The Morgan fingerprint density at radius 2 is 1.89 bits per heavy atom. The van der Waals surface area contributed by atoms with Gasteiger partial charge in [0.1, 0.15) is 0 Å². The molecule has 1 unspecified atom stereocenters. The topological polar surface area (TPSA) is 66.5 Å². The van der Waals surface area contributed by atoms with Crippen molar-refractivity contribution in [3.63, 3.8) is 0 Å². The monoisotopic (exact) mass is 386 g/mol. The van der Waals surface area contributed by atoms with Gasteiger partial charge < -0.3 is 5.32 Å². The van der Waals surface area contributed by atoms with E-state index in [-0.39, 0.29) is 11.8 Å². The first-order valence-corrected chi connectivity index (χ1v) is 10.7. The van der Waals surface area contributed by atoms with Gasteiger partial charge in [-0.3, -0.25) is 4.79 Å². The molecule has 1 atom stereocenters. The van der Waals surface area contributed by atoms with Crippen LogP contribution in [0.3, 0.4) is 0 Å². The molecule has 3 rings (SSSR count). The van der Waals surface area contributed by atoms with Crippen molar-refractivity contribution in [3.05, 3.63) is 65.2 Å². The molecule has 0 aromatic heterocycles. The van der Waals surface area contributed by atoms with Gasteiger partial charge >= 0.3 is 0 Å². The van der Waals surface area contributed by atoms with Crippen LogP contribution in [0.25, 0.3) is 0 Å². The number of carbonyl (C=O) groups excluding carboxylic acids is 1. The number of aryl methyl sites for hydroxylation is 2. The van der Waals surface area contributed by atoms with Gasteiger partial charge in [0.2, 0.25) is 15.9 Å². The summed E-state index contributed by atoms with van der Waals surface area (Å²) in [6, 6.07) is 15.2. The van der Waals surface area contributed by atoms with Gasteiger partial charge in [0, 0.05) is 26.1 Å². The smallest absolute Gasteiger partial charge is 0.243 e. The zero-order valence-electron chi connectivity index (χ0n) is 15.8. The third kappa shape index (κ3) is 4.76. The molecule has 27 heavy (non-hydrogen) atoms. The standard InChI is InChI=1S/C21H26N2O3S/c1-16-8-9-17(2)20(12-16)27(25,26)23-11-10-19(15-23)13-21(24)22-14-18-6-4-3-5-7-18/h3-9,12,19H,10-11,13-15H2,1-2H3,(H,22,24). The van der Waals surface area contributed by atoms with Crippen LogP contribution in [0.5, 0.6) is 0 Å². The molecule has 1 amide bonds. The summed E-state index contributed by atoms with van der Waals surface area (Å²) in [6.45, 7) is 5.07. The number of rotatable bonds is 6. The fourth-order valence-corrected chi connectivity index (χ4v) is 5.28. The largest absolute Gasteiger partial charge is 0.352 e. The summed E-state index contributed by atoms with van der Waals surface area (Å²) in [7, 11) is -3.51. The summed E-state index contributed by atoms with van der Waals surface area (Å²) in [6.07, 6.45) is 1.06. The van der Waals surface area contributed by atoms with Gasteiger partial charge in [-0.1, -0.05) is 42.5 Å². The molecular weight excluding hydrogens is 360 g/mol. The van der Waals surface area contributed by atoms with E-state index in [1.165, 1.54) is 4.31 Å². The van der Waals surface area contributed by atoms with Crippen molar-refractivity contribution in [3.8, 4) is 0 Å². The number of benzene rings is 2. The van der Waals surface area contributed by atoms with E-state index < -0.39 is 10.0 Å². The Labute approximate surface area is 161 Å². The van der Waals surface area contributed by atoms with Crippen molar-refractivity contribution in [1.29, 1.82) is 0 Å². The highest BCUT2D eigenvalue weighted by molar-refractivity contribution is 7.89. The Hall–Kier alpha value is -2.18. The van der Waals surface area contributed by atoms with Crippen molar-refractivity contribution >= 4 is 15.9 Å². The van der Waals surface area contributed by atoms with E-state index >= 15 is 0 Å². The molecular formula is C21H26N2O3S. The van der Waals surface area contributed by atoms with Crippen molar-refractivity contribution < 1.29 is 13.2 Å². The van der Waals surface area contributed by atoms with E-state index in [1.54, 1.807) is 6.07 Å². The van der Waals surface area contributed by atoms with Crippen LogP contribution in [0.1, 0.15) is 29.5 Å². The van der Waals surface area contributed by atoms with E-state index in [4.69, 9.17) is 0 Å². The SMILES string of the molecule is Cc1ccc(C)c(S(=O)(=O)N2CCC(CC(=O)NCc3ccccc3)C2)c1. The highest BCUT2D eigenvalue weighted by Crippen LogP contribution is 2.28. The van der Waals surface area contributed by atoms with Crippen LogP contribution in [0.2, 0.25) is 0 Å². The maximum atomic E-state index is 13.0. The molecule has 0 saturated carbocycles. The zero-order chi connectivity index (χ0) is 19.4. The van der Waals surface area contributed by atoms with Crippen LogP contribution in [0.4, 0.5) is 0 Å². The van der Waals surface area contributed by atoms with E-state index in [1.807, 2.05) is 56.3 Å². The van der Waals surface area contributed by atoms with E-state index in [0.29, 0.717) is 37.4 Å². The highest BCUT2D eigenvalue weighted by Gasteiger charge is 2.34. The summed E-state index contributed by atoms with van der Waals surface area (Å²) in [4.78, 5) is 12.6. The summed E-state index contributed by atoms with van der Waals surface area (Å²) in [5, 5.41) is 2.92. The van der Waals surface area contributed by atoms with Crippen LogP contribution in [0, 0.1) is 19.8 Å². The third-order valence-corrected chi connectivity index (χ3v) is 7.02. The maximum absolute atomic E-state index is 13.0. The van der Waals surface area contributed by atoms with Gasteiger partial charge in [-0.25, -0.2) is 8.42 Å². The van der Waals surface area contributed by atoms with Gasteiger partial charge in [0.15, 0.2) is 0 Å². The van der Waals surface area contributed by atoms with Crippen LogP contribution >= 0.6 is 0 Å². The van der Waals surface area contributed by atoms with E-state index in [9.17, 15) is 13.2 Å². The van der Waals surface area contributed by atoms with Gasteiger partial charge in [-0.2, -0.15) is 4.31 Å². The first-order chi connectivity index (χ1) is 12.9. The molecule has 5 nitrogen and oxygen atoms in total. The Morgan fingerprint density at radius 3 is 2.63 bits per heavy atom. The van der Waals surface area contributed by atoms with Crippen molar-refractivity contribution in [2.75, 3.05) is 13.1 Å². The molecule has 2 aromatic carbocycles. The first kappa shape index (κ1) is 19.6. The lowest BCUT2D eigenvalue weighted by Crippen LogP contribution is -2.31. The summed E-state index contributed by atoms with van der Waals surface area (Å²) < 4.78 is 27.5. The lowest BCUT2D eigenvalue weighted by Gasteiger charge is -2.18. The molecule has 1 fully saturated rings. The summed E-state index contributed by atoms with van der Waals surface area (Å²) >= 11 is 0. The highest BCUT2D eigenvalue weighted by atomic mass is 32.2. The third-order valence-electron chi connectivity index (χ3n) is 5.02. The molecule has 6 heteroatoms. The molecule has 1 saturated heterocycles. The Bertz CT molecular complexity index is 910. The lowest BCUT2D eigenvalue weighted by atomic mass is 10.0. The fourth-order valence-electron chi connectivity index (χ4n) is 3.44. The van der Waals surface area contributed by atoms with Gasteiger partial charge in [0.05, 0.1) is 4.90 Å². The molecule has 0 radical (unpaired) electrons. The predicted octanol–water partition coefficient (Wildman–Crippen LogP) is 3.02. The van der Waals surface area contributed by atoms with Crippen molar-refractivity contribution in [2.45, 2.75) is 38.1 Å². The molecule has 144 valence electrons. The molecule has 0 aliphatic carbocycles. The second-order valence-corrected chi connectivity index (χ2v) is 9.16. The lowest BCUT2D eigenvalue weighted by molar-refractivity contribution is -0.122. The number of hydrogen-bond donors (Lipinski definition) is 1. The van der Waals surface area contributed by atoms with Crippen molar-refractivity contribution in [2.24, 2.45) is 5.92 Å². The quantitative estimate of drug-likeness (QED) is 0.830. The molecule has 2 aromatic rings. The number of nitrogens with zero attached hydrogens (tertiary/aromatic N) is 1. The predicted molar refractivity (Wildman–Crippen MR) is 106 cm³/mol. The van der Waals surface area contributed by atoms with Gasteiger partial charge in [-0.05, 0) is 48.9 Å². The Morgan fingerprint density at radius 1 is 1.15 bits per heavy atom. The van der Waals surface area contributed by atoms with Crippen molar-refractivity contribution in [1.82, 2.24) is 9.62 Å². The minimum absolute atomic E-state index is 0.0326.